The van der Waals surface area contributed by atoms with E-state index in [1.807, 2.05) is 30.9 Å². The molecule has 0 aliphatic carbocycles. The van der Waals surface area contributed by atoms with Crippen LogP contribution in [0.1, 0.15) is 17.5 Å². The first-order valence-electron chi connectivity index (χ1n) is 10.5. The van der Waals surface area contributed by atoms with Gasteiger partial charge in [-0.3, -0.25) is 24.6 Å². The minimum absolute atomic E-state index is 0.0308. The molecule has 2 amide bonds. The quantitative estimate of drug-likeness (QED) is 0.370. The van der Waals surface area contributed by atoms with Crippen LogP contribution in [-0.2, 0) is 19.6 Å². The van der Waals surface area contributed by atoms with Gasteiger partial charge in [-0.2, -0.15) is 4.31 Å². The maximum absolute atomic E-state index is 13.1. The molecule has 1 atom stereocenters. The van der Waals surface area contributed by atoms with E-state index in [2.05, 4.69) is 0 Å². The van der Waals surface area contributed by atoms with Crippen molar-refractivity contribution in [1.29, 1.82) is 0 Å². The summed E-state index contributed by atoms with van der Waals surface area (Å²) < 4.78 is 27.3. The molecule has 2 aromatic carbocycles. The number of carbonyl (C=O) groups is 2. The zero-order valence-electron chi connectivity index (χ0n) is 18.3. The van der Waals surface area contributed by atoms with Crippen LogP contribution in [0.2, 0.25) is 0 Å². The fraction of sp³-hybridized carbons (Fsp3) is 0.364. The molecule has 0 radical (unpaired) electrons. The maximum Gasteiger partial charge on any atom is 0.289 e. The van der Waals surface area contributed by atoms with E-state index in [9.17, 15) is 28.1 Å². The normalized spacial score (nSPS) is 20.4. The monoisotopic (exact) mass is 472 g/mol. The molecule has 0 bridgehead atoms. The molecule has 2 fully saturated rings. The van der Waals surface area contributed by atoms with Gasteiger partial charge in [0.1, 0.15) is 0 Å². The molecule has 4 rings (SSSR count). The Hall–Kier alpha value is -3.15. The lowest BCUT2D eigenvalue weighted by Gasteiger charge is -2.36. The van der Waals surface area contributed by atoms with E-state index in [1.165, 1.54) is 27.4 Å². The van der Waals surface area contributed by atoms with Gasteiger partial charge in [0.15, 0.2) is 4.90 Å². The smallest absolute Gasteiger partial charge is 0.289 e. The van der Waals surface area contributed by atoms with Gasteiger partial charge in [0.25, 0.3) is 11.6 Å². The van der Waals surface area contributed by atoms with Crippen LogP contribution in [-0.4, -0.2) is 66.6 Å². The number of amides is 2. The van der Waals surface area contributed by atoms with Crippen molar-refractivity contribution < 1.29 is 22.9 Å². The second kappa shape index (κ2) is 8.65. The molecule has 2 aromatic rings. The van der Waals surface area contributed by atoms with Crippen LogP contribution in [0.3, 0.4) is 0 Å². The summed E-state index contributed by atoms with van der Waals surface area (Å²) in [5.41, 5.74) is 1.96. The summed E-state index contributed by atoms with van der Waals surface area (Å²) in [5.74, 6) is -0.603. The molecule has 0 saturated carbocycles. The molecule has 0 N–H and O–H groups in total. The van der Waals surface area contributed by atoms with Crippen molar-refractivity contribution in [2.24, 2.45) is 0 Å². The third-order valence-electron chi connectivity index (χ3n) is 6.11. The predicted molar refractivity (Wildman–Crippen MR) is 120 cm³/mol. The van der Waals surface area contributed by atoms with Gasteiger partial charge < -0.3 is 0 Å². The summed E-state index contributed by atoms with van der Waals surface area (Å²) in [7, 11) is -4.07. The average Bonchev–Trinajstić information content (AvgIpc) is 3.08. The summed E-state index contributed by atoms with van der Waals surface area (Å²) in [5, 5.41) is 11.3. The highest BCUT2D eigenvalue weighted by molar-refractivity contribution is 7.89. The number of piperazine rings is 1. The van der Waals surface area contributed by atoms with Gasteiger partial charge in [-0.1, -0.05) is 29.8 Å². The number of nitrogens with zero attached hydrogens (tertiary/aromatic N) is 4. The number of anilines is 1. The zero-order valence-corrected chi connectivity index (χ0v) is 19.1. The van der Waals surface area contributed by atoms with Crippen molar-refractivity contribution in [3.05, 3.63) is 63.7 Å². The summed E-state index contributed by atoms with van der Waals surface area (Å²) in [6.45, 7) is 4.40. The Morgan fingerprint density at radius 1 is 1.00 bits per heavy atom. The van der Waals surface area contributed by atoms with Crippen LogP contribution in [0, 0.1) is 24.0 Å². The standard InChI is InChI=1S/C22H24N4O6S/c1-15-7-8-17(16(2)13-15)25-21(27)14-19(22(25)28)23-9-11-24(12-10-23)33(31,32)20-6-4-3-5-18(20)26(29)30/h3-8,13,19H,9-12,14H2,1-2H3. The first-order valence-corrected chi connectivity index (χ1v) is 12.0. The highest BCUT2D eigenvalue weighted by Gasteiger charge is 2.45. The van der Waals surface area contributed by atoms with Gasteiger partial charge in [0, 0.05) is 32.2 Å². The van der Waals surface area contributed by atoms with E-state index in [4.69, 9.17) is 0 Å². The Balaban J connectivity index is 1.49. The molecule has 10 nitrogen and oxygen atoms in total. The first-order chi connectivity index (χ1) is 15.6. The highest BCUT2D eigenvalue weighted by atomic mass is 32.2. The number of imide groups is 1. The Morgan fingerprint density at radius 3 is 2.30 bits per heavy atom. The lowest BCUT2D eigenvalue weighted by Crippen LogP contribution is -2.53. The van der Waals surface area contributed by atoms with Crippen molar-refractivity contribution in [3.63, 3.8) is 0 Å². The van der Waals surface area contributed by atoms with E-state index in [1.54, 1.807) is 6.07 Å². The first kappa shape index (κ1) is 23.0. The number of para-hydroxylation sites is 1. The van der Waals surface area contributed by atoms with Crippen LogP contribution in [0.4, 0.5) is 11.4 Å². The number of hydrogen-bond acceptors (Lipinski definition) is 7. The van der Waals surface area contributed by atoms with Crippen LogP contribution >= 0.6 is 0 Å². The molecule has 33 heavy (non-hydrogen) atoms. The Labute approximate surface area is 191 Å². The number of nitro benzene ring substituents is 1. The molecular weight excluding hydrogens is 448 g/mol. The minimum atomic E-state index is -4.07. The van der Waals surface area contributed by atoms with Crippen LogP contribution in [0.5, 0.6) is 0 Å². The van der Waals surface area contributed by atoms with Crippen molar-refractivity contribution >= 4 is 33.2 Å². The fourth-order valence-corrected chi connectivity index (χ4v) is 6.01. The number of nitro groups is 1. The molecule has 174 valence electrons. The van der Waals surface area contributed by atoms with Gasteiger partial charge in [0.05, 0.1) is 23.1 Å². The van der Waals surface area contributed by atoms with Gasteiger partial charge >= 0.3 is 0 Å². The predicted octanol–water partition coefficient (Wildman–Crippen LogP) is 1.85. The number of benzene rings is 2. The van der Waals surface area contributed by atoms with Gasteiger partial charge in [0.2, 0.25) is 15.9 Å². The van der Waals surface area contributed by atoms with Gasteiger partial charge in [-0.25, -0.2) is 13.3 Å². The molecule has 2 heterocycles. The SMILES string of the molecule is Cc1ccc(N2C(=O)CC(N3CCN(S(=O)(=O)c4ccccc4[N+](=O)[O-])CC3)C2=O)c(C)c1. The van der Waals surface area contributed by atoms with E-state index < -0.39 is 26.7 Å². The number of rotatable bonds is 5. The fourth-order valence-electron chi connectivity index (χ4n) is 4.43. The van der Waals surface area contributed by atoms with Crippen LogP contribution in [0.25, 0.3) is 0 Å². The molecular formula is C22H24N4O6S. The minimum Gasteiger partial charge on any atom is -0.289 e. The lowest BCUT2D eigenvalue weighted by atomic mass is 10.1. The molecule has 2 saturated heterocycles. The Morgan fingerprint density at radius 2 is 1.67 bits per heavy atom. The molecule has 11 heteroatoms. The van der Waals surface area contributed by atoms with Crippen LogP contribution in [0.15, 0.2) is 47.4 Å². The second-order valence-corrected chi connectivity index (χ2v) is 10.1. The van der Waals surface area contributed by atoms with Crippen molar-refractivity contribution in [2.75, 3.05) is 31.1 Å². The molecule has 2 aliphatic rings. The zero-order chi connectivity index (χ0) is 23.9. The van der Waals surface area contributed by atoms with Gasteiger partial charge in [-0.15, -0.1) is 0 Å². The lowest BCUT2D eigenvalue weighted by molar-refractivity contribution is -0.387. The number of aryl methyl sites for hydroxylation is 2. The van der Waals surface area contributed by atoms with E-state index in [0.29, 0.717) is 5.69 Å². The average molecular weight is 473 g/mol. The van der Waals surface area contributed by atoms with Gasteiger partial charge in [-0.05, 0) is 31.5 Å². The third-order valence-corrected chi connectivity index (χ3v) is 8.06. The highest BCUT2D eigenvalue weighted by Crippen LogP contribution is 2.31. The second-order valence-electron chi connectivity index (χ2n) is 8.24. The summed E-state index contributed by atoms with van der Waals surface area (Å²) in [6.07, 6.45) is 0.0308. The molecule has 0 spiro atoms. The van der Waals surface area contributed by atoms with E-state index >= 15 is 0 Å². The number of carbonyl (C=O) groups excluding carboxylic acids is 2. The topological polar surface area (TPSA) is 121 Å². The van der Waals surface area contributed by atoms with E-state index in [0.717, 1.165) is 17.2 Å². The Kier molecular flexibility index (Phi) is 6.04. The summed E-state index contributed by atoms with van der Waals surface area (Å²) >= 11 is 0. The van der Waals surface area contributed by atoms with Crippen molar-refractivity contribution in [3.8, 4) is 0 Å². The van der Waals surface area contributed by atoms with E-state index in [-0.39, 0.29) is 49.3 Å². The molecule has 0 aromatic heterocycles. The number of sulfonamides is 1. The maximum atomic E-state index is 13.1. The largest absolute Gasteiger partial charge is 0.289 e. The summed E-state index contributed by atoms with van der Waals surface area (Å²) in [6, 6.07) is 10.1. The number of hydrogen-bond donors (Lipinski definition) is 0. The molecule has 2 aliphatic heterocycles. The van der Waals surface area contributed by atoms with Crippen molar-refractivity contribution in [2.45, 2.75) is 31.2 Å². The molecule has 1 unspecified atom stereocenters. The Bertz CT molecular complexity index is 1240. The van der Waals surface area contributed by atoms with Crippen LogP contribution < -0.4 is 4.90 Å². The van der Waals surface area contributed by atoms with Crippen molar-refractivity contribution in [1.82, 2.24) is 9.21 Å². The third kappa shape index (κ3) is 4.14. The summed E-state index contributed by atoms with van der Waals surface area (Å²) in [4.78, 5) is 39.1.